The first-order valence-corrected chi connectivity index (χ1v) is 4.52. The summed E-state index contributed by atoms with van der Waals surface area (Å²) in [5.74, 6) is -1.18. The number of hydrogen-bond acceptors (Lipinski definition) is 3. The van der Waals surface area contributed by atoms with E-state index in [1.165, 1.54) is 12.1 Å². The maximum absolute atomic E-state index is 11.2. The highest BCUT2D eigenvalue weighted by Crippen LogP contribution is 2.10. The van der Waals surface area contributed by atoms with Gasteiger partial charge in [0.05, 0.1) is 5.56 Å². The van der Waals surface area contributed by atoms with Crippen LogP contribution in [0.1, 0.15) is 23.7 Å². The minimum absolute atomic E-state index is 0.180. The molecule has 0 saturated carbocycles. The maximum atomic E-state index is 11.2. The summed E-state index contributed by atoms with van der Waals surface area (Å²) in [5.41, 5.74) is 0.316. The summed E-state index contributed by atoms with van der Waals surface area (Å²) >= 11 is 5.63. The lowest BCUT2D eigenvalue weighted by atomic mass is 10.2. The van der Waals surface area contributed by atoms with E-state index in [9.17, 15) is 9.59 Å². The Labute approximate surface area is 86.6 Å². The number of halogens is 1. The Morgan fingerprint density at radius 2 is 1.86 bits per heavy atom. The van der Waals surface area contributed by atoms with Gasteiger partial charge in [0.2, 0.25) is 0 Å². The monoisotopic (exact) mass is 212 g/mol. The van der Waals surface area contributed by atoms with Gasteiger partial charge in [-0.15, -0.1) is 0 Å². The largest absolute Gasteiger partial charge is 0.389 e. The summed E-state index contributed by atoms with van der Waals surface area (Å²) in [5, 5.41) is 0.531. The van der Waals surface area contributed by atoms with Gasteiger partial charge < -0.3 is 4.74 Å². The Kier molecular flexibility index (Phi) is 3.65. The van der Waals surface area contributed by atoms with Gasteiger partial charge in [-0.2, -0.15) is 0 Å². The molecule has 1 aromatic carbocycles. The SMILES string of the molecule is CCC(=O)OC(=O)c1ccc(Cl)cc1. The third-order valence-corrected chi connectivity index (χ3v) is 1.83. The van der Waals surface area contributed by atoms with Crippen molar-refractivity contribution in [2.45, 2.75) is 13.3 Å². The van der Waals surface area contributed by atoms with Crippen molar-refractivity contribution in [1.29, 1.82) is 0 Å². The van der Waals surface area contributed by atoms with Crippen molar-refractivity contribution >= 4 is 23.5 Å². The van der Waals surface area contributed by atoms with Gasteiger partial charge in [0.15, 0.2) is 0 Å². The number of esters is 2. The van der Waals surface area contributed by atoms with Crippen LogP contribution in [0.15, 0.2) is 24.3 Å². The lowest BCUT2D eigenvalue weighted by Crippen LogP contribution is -2.11. The summed E-state index contributed by atoms with van der Waals surface area (Å²) in [6.07, 6.45) is 0.180. The van der Waals surface area contributed by atoms with Crippen LogP contribution in [0.5, 0.6) is 0 Å². The number of carbonyl (C=O) groups excluding carboxylic acids is 2. The van der Waals surface area contributed by atoms with Gasteiger partial charge in [-0.3, -0.25) is 4.79 Å². The van der Waals surface area contributed by atoms with Gasteiger partial charge in [0, 0.05) is 11.4 Å². The highest BCUT2D eigenvalue weighted by Gasteiger charge is 2.10. The van der Waals surface area contributed by atoms with Crippen molar-refractivity contribution in [3.8, 4) is 0 Å². The maximum Gasteiger partial charge on any atom is 0.345 e. The molecule has 1 rings (SSSR count). The van der Waals surface area contributed by atoms with E-state index in [-0.39, 0.29) is 6.42 Å². The molecule has 0 amide bonds. The molecule has 0 N–H and O–H groups in total. The predicted octanol–water partition coefficient (Wildman–Crippen LogP) is 2.43. The molecule has 0 aliphatic carbocycles. The van der Waals surface area contributed by atoms with E-state index in [2.05, 4.69) is 4.74 Å². The average Bonchev–Trinajstić information content (AvgIpc) is 2.18. The Balaban J connectivity index is 2.70. The van der Waals surface area contributed by atoms with E-state index in [1.807, 2.05) is 0 Å². The minimum atomic E-state index is -0.645. The van der Waals surface area contributed by atoms with Crippen molar-refractivity contribution in [3.05, 3.63) is 34.9 Å². The molecule has 0 fully saturated rings. The molecule has 0 radical (unpaired) electrons. The number of benzene rings is 1. The van der Waals surface area contributed by atoms with E-state index in [1.54, 1.807) is 19.1 Å². The molecule has 0 heterocycles. The van der Waals surface area contributed by atoms with Gasteiger partial charge in [0.25, 0.3) is 0 Å². The first-order chi connectivity index (χ1) is 6.63. The normalized spacial score (nSPS) is 9.57. The van der Waals surface area contributed by atoms with Gasteiger partial charge in [-0.25, -0.2) is 4.79 Å². The summed E-state index contributed by atoms with van der Waals surface area (Å²) < 4.78 is 4.50. The molecular weight excluding hydrogens is 204 g/mol. The van der Waals surface area contributed by atoms with Crippen LogP contribution in [-0.4, -0.2) is 11.9 Å². The van der Waals surface area contributed by atoms with Crippen molar-refractivity contribution < 1.29 is 14.3 Å². The standard InChI is InChI=1S/C10H9ClO3/c1-2-9(12)14-10(13)7-3-5-8(11)6-4-7/h3-6H,2H2,1H3. The van der Waals surface area contributed by atoms with Crippen LogP contribution in [0, 0.1) is 0 Å². The molecule has 3 nitrogen and oxygen atoms in total. The van der Waals surface area contributed by atoms with Crippen molar-refractivity contribution in [1.82, 2.24) is 0 Å². The molecule has 0 saturated heterocycles. The second-order valence-corrected chi connectivity index (χ2v) is 3.06. The number of hydrogen-bond donors (Lipinski definition) is 0. The number of carbonyl (C=O) groups is 2. The Bertz CT molecular complexity index is 343. The zero-order chi connectivity index (χ0) is 10.6. The quantitative estimate of drug-likeness (QED) is 0.559. The van der Waals surface area contributed by atoms with Crippen molar-refractivity contribution in [3.63, 3.8) is 0 Å². The van der Waals surface area contributed by atoms with Crippen LogP contribution >= 0.6 is 11.6 Å². The smallest absolute Gasteiger partial charge is 0.345 e. The first kappa shape index (κ1) is 10.7. The molecule has 0 aliphatic heterocycles. The Hall–Kier alpha value is -1.35. The summed E-state index contributed by atoms with van der Waals surface area (Å²) in [7, 11) is 0. The van der Waals surface area contributed by atoms with Crippen molar-refractivity contribution in [2.24, 2.45) is 0 Å². The van der Waals surface area contributed by atoms with Crippen LogP contribution in [0.4, 0.5) is 0 Å². The third kappa shape index (κ3) is 2.85. The van der Waals surface area contributed by atoms with Gasteiger partial charge >= 0.3 is 11.9 Å². The second kappa shape index (κ2) is 4.77. The zero-order valence-electron chi connectivity index (χ0n) is 7.62. The van der Waals surface area contributed by atoms with Gasteiger partial charge in [-0.1, -0.05) is 18.5 Å². The van der Waals surface area contributed by atoms with Crippen molar-refractivity contribution in [2.75, 3.05) is 0 Å². The average molecular weight is 213 g/mol. The molecule has 74 valence electrons. The molecule has 0 atom stereocenters. The Morgan fingerprint density at radius 3 is 2.36 bits per heavy atom. The molecule has 0 spiro atoms. The number of rotatable bonds is 2. The van der Waals surface area contributed by atoms with Crippen LogP contribution in [0.2, 0.25) is 5.02 Å². The molecule has 0 bridgehead atoms. The molecule has 0 aromatic heterocycles. The molecule has 14 heavy (non-hydrogen) atoms. The molecular formula is C10H9ClO3. The topological polar surface area (TPSA) is 43.4 Å². The fourth-order valence-corrected chi connectivity index (χ4v) is 0.946. The van der Waals surface area contributed by atoms with Crippen LogP contribution < -0.4 is 0 Å². The van der Waals surface area contributed by atoms with E-state index in [0.29, 0.717) is 10.6 Å². The number of ether oxygens (including phenoxy) is 1. The lowest BCUT2D eigenvalue weighted by molar-refractivity contribution is -0.137. The van der Waals surface area contributed by atoms with Gasteiger partial charge in [-0.05, 0) is 24.3 Å². The van der Waals surface area contributed by atoms with Crippen LogP contribution in [0.3, 0.4) is 0 Å². The zero-order valence-corrected chi connectivity index (χ0v) is 8.38. The minimum Gasteiger partial charge on any atom is -0.389 e. The fraction of sp³-hybridized carbons (Fsp3) is 0.200. The highest BCUT2D eigenvalue weighted by molar-refractivity contribution is 6.30. The molecule has 4 heteroatoms. The summed E-state index contributed by atoms with van der Waals surface area (Å²) in [6.45, 7) is 1.62. The first-order valence-electron chi connectivity index (χ1n) is 4.14. The summed E-state index contributed by atoms with van der Waals surface area (Å²) in [4.78, 5) is 22.0. The van der Waals surface area contributed by atoms with Gasteiger partial charge in [0.1, 0.15) is 0 Å². The van der Waals surface area contributed by atoms with Crippen LogP contribution in [-0.2, 0) is 9.53 Å². The predicted molar refractivity (Wildman–Crippen MR) is 52.2 cm³/mol. The van der Waals surface area contributed by atoms with E-state index in [4.69, 9.17) is 11.6 Å². The lowest BCUT2D eigenvalue weighted by Gasteiger charge is -2.00. The van der Waals surface area contributed by atoms with Crippen LogP contribution in [0.25, 0.3) is 0 Å². The summed E-state index contributed by atoms with van der Waals surface area (Å²) in [6, 6.07) is 6.14. The van der Waals surface area contributed by atoms with E-state index < -0.39 is 11.9 Å². The fourth-order valence-electron chi connectivity index (χ4n) is 0.820. The highest BCUT2D eigenvalue weighted by atomic mass is 35.5. The molecule has 1 aromatic rings. The second-order valence-electron chi connectivity index (χ2n) is 2.62. The van der Waals surface area contributed by atoms with E-state index in [0.717, 1.165) is 0 Å². The van der Waals surface area contributed by atoms with E-state index >= 15 is 0 Å². The Morgan fingerprint density at radius 1 is 1.29 bits per heavy atom. The molecule has 0 aliphatic rings. The molecule has 0 unspecified atom stereocenters. The third-order valence-electron chi connectivity index (χ3n) is 1.58.